The molecule has 0 amide bonds. The van der Waals surface area contributed by atoms with E-state index < -0.39 is 8.30 Å². The zero-order chi connectivity index (χ0) is 12.2. The molecular formula is C9H9Br3NO3+. The maximum Gasteiger partial charge on any atom is 0.411 e. The Kier molecular flexibility index (Phi) is 5.20. The number of esters is 1. The largest absolute Gasteiger partial charge is 0.419 e. The van der Waals surface area contributed by atoms with Crippen molar-refractivity contribution in [2.45, 2.75) is 9.25 Å². The molecule has 0 aliphatic carbocycles. The molecule has 0 saturated carbocycles. The summed E-state index contributed by atoms with van der Waals surface area (Å²) in [5, 5.41) is 0. The Bertz CT molecular complexity index is 379. The van der Waals surface area contributed by atoms with E-state index in [2.05, 4.69) is 47.8 Å². The zero-order valence-corrected chi connectivity index (χ0v) is 13.1. The van der Waals surface area contributed by atoms with Crippen LogP contribution in [-0.4, -0.2) is 14.9 Å². The highest BCUT2D eigenvalue weighted by Gasteiger charge is 2.30. The Morgan fingerprint density at radius 3 is 2.69 bits per heavy atom. The molecule has 0 saturated heterocycles. The third kappa shape index (κ3) is 4.39. The van der Waals surface area contributed by atoms with E-state index in [9.17, 15) is 4.79 Å². The van der Waals surface area contributed by atoms with Gasteiger partial charge in [0.25, 0.3) is 2.33 Å². The van der Waals surface area contributed by atoms with Crippen LogP contribution in [0.3, 0.4) is 0 Å². The van der Waals surface area contributed by atoms with Gasteiger partial charge in [0.2, 0.25) is 6.20 Å². The minimum atomic E-state index is -1.07. The standard InChI is InChI=1S/C9H9Br3NO3/c1-2-15-13-6-4-3-5-7(13)8(14)16-9(10,11)12/h3-6H,2H2,1H3/q+1. The van der Waals surface area contributed by atoms with E-state index in [4.69, 9.17) is 9.57 Å². The van der Waals surface area contributed by atoms with Gasteiger partial charge in [0, 0.05) is 16.9 Å². The molecule has 0 aliphatic rings. The molecule has 0 aromatic carbocycles. The summed E-state index contributed by atoms with van der Waals surface area (Å²) in [6, 6.07) is 5.09. The van der Waals surface area contributed by atoms with Crippen LogP contribution in [0.4, 0.5) is 0 Å². The topological polar surface area (TPSA) is 39.4 Å². The molecule has 0 radical (unpaired) electrons. The van der Waals surface area contributed by atoms with E-state index in [0.29, 0.717) is 12.3 Å². The van der Waals surface area contributed by atoms with Crippen molar-refractivity contribution < 1.29 is 19.1 Å². The van der Waals surface area contributed by atoms with Gasteiger partial charge in [-0.15, -0.1) is 0 Å². The summed E-state index contributed by atoms with van der Waals surface area (Å²) in [5.41, 5.74) is 0.298. The number of pyridine rings is 1. The summed E-state index contributed by atoms with van der Waals surface area (Å²) in [4.78, 5) is 17.0. The number of alkyl halides is 3. The van der Waals surface area contributed by atoms with Crippen LogP contribution in [0.15, 0.2) is 24.4 Å². The van der Waals surface area contributed by atoms with Gasteiger partial charge in [0.05, 0.1) is 0 Å². The predicted octanol–water partition coefficient (Wildman–Crippen LogP) is 2.38. The Morgan fingerprint density at radius 1 is 1.44 bits per heavy atom. The number of rotatable bonds is 3. The zero-order valence-electron chi connectivity index (χ0n) is 8.32. The van der Waals surface area contributed by atoms with E-state index >= 15 is 0 Å². The fourth-order valence-electron chi connectivity index (χ4n) is 0.995. The molecular weight excluding hydrogens is 410 g/mol. The van der Waals surface area contributed by atoms with E-state index in [0.717, 1.165) is 0 Å². The SMILES string of the molecule is CCO[n+]1ccccc1C(=O)OC(Br)(Br)Br. The molecule has 0 bridgehead atoms. The fraction of sp³-hybridized carbons (Fsp3) is 0.333. The Hall–Kier alpha value is -0.140. The van der Waals surface area contributed by atoms with Gasteiger partial charge < -0.3 is 4.74 Å². The molecule has 0 N–H and O–H groups in total. The average Bonchev–Trinajstić information content (AvgIpc) is 2.16. The average molecular weight is 419 g/mol. The number of hydrogen-bond acceptors (Lipinski definition) is 3. The fourth-order valence-corrected chi connectivity index (χ4v) is 1.44. The summed E-state index contributed by atoms with van der Waals surface area (Å²) in [5.74, 6) is -0.528. The van der Waals surface area contributed by atoms with E-state index in [1.807, 2.05) is 6.92 Å². The van der Waals surface area contributed by atoms with Gasteiger partial charge in [0.1, 0.15) is 0 Å². The van der Waals surface area contributed by atoms with Crippen LogP contribution in [0.25, 0.3) is 0 Å². The second kappa shape index (κ2) is 5.97. The van der Waals surface area contributed by atoms with Crippen LogP contribution in [0.1, 0.15) is 17.4 Å². The van der Waals surface area contributed by atoms with Crippen LogP contribution < -0.4 is 9.57 Å². The Balaban J connectivity index is 2.90. The number of carbonyl (C=O) groups excluding carboxylic acids is 1. The van der Waals surface area contributed by atoms with Gasteiger partial charge in [-0.2, -0.15) is 0 Å². The first kappa shape index (κ1) is 13.9. The van der Waals surface area contributed by atoms with Crippen LogP contribution in [0.2, 0.25) is 0 Å². The Morgan fingerprint density at radius 2 is 2.12 bits per heavy atom. The summed E-state index contributed by atoms with van der Waals surface area (Å²) >= 11 is 9.24. The third-order valence-electron chi connectivity index (χ3n) is 1.51. The lowest BCUT2D eigenvalue weighted by molar-refractivity contribution is -0.892. The molecule has 7 heteroatoms. The number of ether oxygens (including phenoxy) is 1. The number of hydrogen-bond donors (Lipinski definition) is 0. The molecule has 1 rings (SSSR count). The van der Waals surface area contributed by atoms with Crippen LogP contribution >= 0.6 is 47.8 Å². The van der Waals surface area contributed by atoms with Gasteiger partial charge in [-0.25, -0.2) is 4.79 Å². The van der Waals surface area contributed by atoms with Crippen molar-refractivity contribution in [3.8, 4) is 0 Å². The van der Waals surface area contributed by atoms with Crippen LogP contribution in [-0.2, 0) is 4.74 Å². The quantitative estimate of drug-likeness (QED) is 0.430. The van der Waals surface area contributed by atoms with Gasteiger partial charge in [-0.05, 0) is 60.8 Å². The normalized spacial score (nSPS) is 11.0. The monoisotopic (exact) mass is 416 g/mol. The number of aromatic nitrogens is 1. The van der Waals surface area contributed by atoms with Crippen LogP contribution in [0.5, 0.6) is 0 Å². The molecule has 0 spiro atoms. The summed E-state index contributed by atoms with van der Waals surface area (Å²) in [6.45, 7) is 2.29. The van der Waals surface area contributed by atoms with E-state index in [1.165, 1.54) is 4.73 Å². The number of halogens is 3. The lowest BCUT2D eigenvalue weighted by Gasteiger charge is -2.11. The first-order valence-electron chi connectivity index (χ1n) is 4.38. The third-order valence-corrected chi connectivity index (χ3v) is 2.00. The second-order valence-corrected chi connectivity index (χ2v) is 9.21. The highest BCUT2D eigenvalue weighted by atomic mass is 80.0. The van der Waals surface area contributed by atoms with Gasteiger partial charge in [0.15, 0.2) is 6.61 Å². The van der Waals surface area contributed by atoms with Crippen molar-refractivity contribution in [1.82, 2.24) is 0 Å². The molecule has 1 heterocycles. The molecule has 0 fully saturated rings. The lowest BCUT2D eigenvalue weighted by Crippen LogP contribution is -2.48. The maximum absolute atomic E-state index is 11.7. The van der Waals surface area contributed by atoms with Crippen molar-refractivity contribution in [2.75, 3.05) is 6.61 Å². The van der Waals surface area contributed by atoms with Crippen molar-refractivity contribution >= 4 is 53.8 Å². The summed E-state index contributed by atoms with van der Waals surface area (Å²) in [7, 11) is 0. The molecule has 0 atom stereocenters. The number of carbonyl (C=O) groups is 1. The first-order chi connectivity index (χ1) is 7.44. The minimum Gasteiger partial charge on any atom is -0.419 e. The van der Waals surface area contributed by atoms with E-state index in [1.54, 1.807) is 24.4 Å². The van der Waals surface area contributed by atoms with Crippen LogP contribution in [0, 0.1) is 0 Å². The smallest absolute Gasteiger partial charge is 0.411 e. The molecule has 0 unspecified atom stereocenters. The van der Waals surface area contributed by atoms with E-state index in [-0.39, 0.29) is 0 Å². The predicted molar refractivity (Wildman–Crippen MR) is 68.7 cm³/mol. The molecule has 1 aromatic heterocycles. The summed E-state index contributed by atoms with van der Waals surface area (Å²) in [6.07, 6.45) is 1.64. The molecule has 1 aromatic rings. The van der Waals surface area contributed by atoms with Crippen molar-refractivity contribution in [1.29, 1.82) is 0 Å². The number of nitrogens with zero attached hydrogens (tertiary/aromatic N) is 1. The highest BCUT2D eigenvalue weighted by Crippen LogP contribution is 2.35. The van der Waals surface area contributed by atoms with Crippen molar-refractivity contribution in [3.63, 3.8) is 0 Å². The highest BCUT2D eigenvalue weighted by molar-refractivity contribution is 9.39. The summed E-state index contributed by atoms with van der Waals surface area (Å²) < 4.78 is 5.32. The van der Waals surface area contributed by atoms with Crippen molar-refractivity contribution in [2.24, 2.45) is 0 Å². The molecule has 16 heavy (non-hydrogen) atoms. The maximum atomic E-state index is 11.7. The van der Waals surface area contributed by atoms with Gasteiger partial charge >= 0.3 is 11.7 Å². The minimum absolute atomic E-state index is 0.298. The molecule has 0 aliphatic heterocycles. The molecule has 4 nitrogen and oxygen atoms in total. The van der Waals surface area contributed by atoms with Gasteiger partial charge in [-0.1, -0.05) is 0 Å². The Labute approximate surface area is 118 Å². The molecule has 88 valence electrons. The first-order valence-corrected chi connectivity index (χ1v) is 6.76. The second-order valence-electron chi connectivity index (χ2n) is 2.66. The van der Waals surface area contributed by atoms with Crippen molar-refractivity contribution in [3.05, 3.63) is 30.1 Å². The lowest BCUT2D eigenvalue weighted by atomic mass is 10.3. The van der Waals surface area contributed by atoms with Gasteiger partial charge in [-0.3, -0.25) is 4.84 Å².